The third kappa shape index (κ3) is 3.39. The Morgan fingerprint density at radius 2 is 2.07 bits per heavy atom. The summed E-state index contributed by atoms with van der Waals surface area (Å²) in [7, 11) is -1.54. The van der Waals surface area contributed by atoms with Crippen LogP contribution in [0.1, 0.15) is 12.8 Å². The minimum Gasteiger partial charge on any atom is -0.356 e. The second-order valence-corrected chi connectivity index (χ2v) is 9.34. The summed E-state index contributed by atoms with van der Waals surface area (Å²) in [5, 5.41) is 0.763. The van der Waals surface area contributed by atoms with Crippen LogP contribution in [-0.2, 0) is 9.84 Å². The molecule has 1 saturated carbocycles. The molecular formula is C18H18ClFN4O2S. The molecule has 1 aliphatic rings. The van der Waals surface area contributed by atoms with Crippen molar-refractivity contribution in [2.45, 2.75) is 23.8 Å². The van der Waals surface area contributed by atoms with Crippen molar-refractivity contribution in [3.05, 3.63) is 47.6 Å². The van der Waals surface area contributed by atoms with E-state index >= 15 is 0 Å². The van der Waals surface area contributed by atoms with Gasteiger partial charge in [-0.05, 0) is 43.0 Å². The van der Waals surface area contributed by atoms with Crippen LogP contribution in [0.3, 0.4) is 0 Å². The van der Waals surface area contributed by atoms with Crippen LogP contribution in [0.25, 0.3) is 11.0 Å². The lowest BCUT2D eigenvalue weighted by Crippen LogP contribution is -2.45. The fourth-order valence-corrected chi connectivity index (χ4v) is 5.45. The highest BCUT2D eigenvalue weighted by molar-refractivity contribution is 7.91. The molecule has 0 spiro atoms. The Labute approximate surface area is 161 Å². The molecule has 3 aromatic rings. The van der Waals surface area contributed by atoms with E-state index in [9.17, 15) is 12.8 Å². The van der Waals surface area contributed by atoms with E-state index in [4.69, 9.17) is 11.6 Å². The first-order chi connectivity index (χ1) is 12.8. The molecule has 0 atom stereocenters. The van der Waals surface area contributed by atoms with Crippen molar-refractivity contribution < 1.29 is 12.8 Å². The highest BCUT2D eigenvalue weighted by Crippen LogP contribution is 2.36. The fourth-order valence-electron chi connectivity index (χ4n) is 3.54. The lowest BCUT2D eigenvalue weighted by molar-refractivity contribution is 0.282. The van der Waals surface area contributed by atoms with Crippen LogP contribution in [0, 0.1) is 11.7 Å². The zero-order valence-electron chi connectivity index (χ0n) is 14.6. The molecule has 6 nitrogen and oxygen atoms in total. The molecule has 1 aliphatic carbocycles. The van der Waals surface area contributed by atoms with Crippen molar-refractivity contribution in [2.24, 2.45) is 5.92 Å². The summed E-state index contributed by atoms with van der Waals surface area (Å²) in [5.74, 6) is 0.289. The number of hydrogen-bond acceptors (Lipinski definition) is 5. The number of fused-ring (bicyclic) bond motifs is 1. The van der Waals surface area contributed by atoms with Crippen molar-refractivity contribution >= 4 is 38.3 Å². The molecule has 1 fully saturated rings. The maximum absolute atomic E-state index is 13.3. The molecule has 1 N–H and O–H groups in total. The monoisotopic (exact) mass is 408 g/mol. The summed E-state index contributed by atoms with van der Waals surface area (Å²) in [5.41, 5.74) is 0.776. The number of aromatic amines is 1. The fraction of sp³-hybridized carbons (Fsp3) is 0.333. The largest absolute Gasteiger partial charge is 0.356 e. The van der Waals surface area contributed by atoms with E-state index < -0.39 is 15.7 Å². The van der Waals surface area contributed by atoms with Gasteiger partial charge in [-0.25, -0.2) is 22.8 Å². The van der Waals surface area contributed by atoms with E-state index in [2.05, 4.69) is 19.9 Å². The van der Waals surface area contributed by atoms with E-state index in [1.807, 2.05) is 19.3 Å². The highest BCUT2D eigenvalue weighted by Gasteiger charge is 2.36. The number of benzene rings is 1. The average molecular weight is 409 g/mol. The van der Waals surface area contributed by atoms with Crippen LogP contribution in [-0.4, -0.2) is 42.2 Å². The first kappa shape index (κ1) is 18.2. The van der Waals surface area contributed by atoms with Crippen LogP contribution in [0.5, 0.6) is 0 Å². The van der Waals surface area contributed by atoms with E-state index in [0.717, 1.165) is 35.8 Å². The Hall–Kier alpha value is -2.19. The van der Waals surface area contributed by atoms with Crippen molar-refractivity contribution in [1.82, 2.24) is 15.0 Å². The number of H-pyrrole nitrogens is 1. The van der Waals surface area contributed by atoms with Gasteiger partial charge in [0.2, 0.25) is 0 Å². The molecule has 142 valence electrons. The SMILES string of the molecule is CN(c1ncnc2[nH]ccc12)C1CC(CS(=O)(=O)c2ccc(F)c(Cl)c2)C1. The second kappa shape index (κ2) is 6.76. The minimum absolute atomic E-state index is 0.0304. The Balaban J connectivity index is 1.43. The zero-order valence-corrected chi connectivity index (χ0v) is 16.1. The normalized spacial score (nSPS) is 19.8. The Kier molecular flexibility index (Phi) is 4.55. The van der Waals surface area contributed by atoms with Crippen molar-refractivity contribution in [2.75, 3.05) is 17.7 Å². The average Bonchev–Trinajstić information content (AvgIpc) is 3.08. The van der Waals surface area contributed by atoms with Gasteiger partial charge in [0.25, 0.3) is 0 Å². The third-order valence-corrected chi connectivity index (χ3v) is 7.30. The molecule has 0 saturated heterocycles. The Bertz CT molecular complexity index is 1100. The summed E-state index contributed by atoms with van der Waals surface area (Å²) in [6, 6.07) is 5.68. The number of nitrogens with zero attached hydrogens (tertiary/aromatic N) is 3. The lowest BCUT2D eigenvalue weighted by Gasteiger charge is -2.41. The predicted molar refractivity (Wildman–Crippen MR) is 102 cm³/mol. The van der Waals surface area contributed by atoms with Gasteiger partial charge >= 0.3 is 0 Å². The molecule has 0 aliphatic heterocycles. The van der Waals surface area contributed by atoms with Crippen LogP contribution in [0.15, 0.2) is 41.7 Å². The number of hydrogen-bond donors (Lipinski definition) is 1. The molecule has 0 bridgehead atoms. The summed E-state index contributed by atoms with van der Waals surface area (Å²) in [6.45, 7) is 0. The van der Waals surface area contributed by atoms with Gasteiger partial charge in [0, 0.05) is 19.3 Å². The van der Waals surface area contributed by atoms with Gasteiger partial charge in [-0.3, -0.25) is 0 Å². The van der Waals surface area contributed by atoms with Gasteiger partial charge in [0.15, 0.2) is 9.84 Å². The van der Waals surface area contributed by atoms with Gasteiger partial charge in [-0.2, -0.15) is 0 Å². The number of anilines is 1. The van der Waals surface area contributed by atoms with Gasteiger partial charge in [-0.1, -0.05) is 11.6 Å². The molecule has 0 unspecified atom stereocenters. The topological polar surface area (TPSA) is 79.0 Å². The van der Waals surface area contributed by atoms with Crippen LogP contribution >= 0.6 is 11.6 Å². The first-order valence-electron chi connectivity index (χ1n) is 8.54. The van der Waals surface area contributed by atoms with Crippen LogP contribution < -0.4 is 4.90 Å². The van der Waals surface area contributed by atoms with Crippen molar-refractivity contribution in [1.29, 1.82) is 0 Å². The Morgan fingerprint density at radius 3 is 2.81 bits per heavy atom. The van der Waals surface area contributed by atoms with Gasteiger partial charge < -0.3 is 9.88 Å². The van der Waals surface area contributed by atoms with E-state index in [0.29, 0.717) is 0 Å². The number of rotatable bonds is 5. The highest BCUT2D eigenvalue weighted by atomic mass is 35.5. The standard InChI is InChI=1S/C18H18ClFN4O2S/c1-24(18-14-4-5-21-17(14)22-10-23-18)12-6-11(7-12)9-27(25,26)13-2-3-16(20)15(19)8-13/h2-5,8,10-12H,6-7,9H2,1H3,(H,21,22,23). The zero-order chi connectivity index (χ0) is 19.2. The summed E-state index contributed by atoms with van der Waals surface area (Å²) >= 11 is 5.71. The van der Waals surface area contributed by atoms with Gasteiger partial charge in [0.1, 0.15) is 23.6 Å². The molecule has 0 radical (unpaired) electrons. The smallest absolute Gasteiger partial charge is 0.178 e. The van der Waals surface area contributed by atoms with Crippen LogP contribution in [0.4, 0.5) is 10.2 Å². The molecule has 4 rings (SSSR count). The molecule has 0 amide bonds. The van der Waals surface area contributed by atoms with E-state index in [1.54, 1.807) is 0 Å². The van der Waals surface area contributed by atoms with Gasteiger partial charge in [-0.15, -0.1) is 0 Å². The molecule has 9 heteroatoms. The molecule has 1 aromatic carbocycles. The molecule has 2 heterocycles. The van der Waals surface area contributed by atoms with Crippen LogP contribution in [0.2, 0.25) is 5.02 Å². The summed E-state index contributed by atoms with van der Waals surface area (Å²) in [6.07, 6.45) is 4.84. The van der Waals surface area contributed by atoms with Gasteiger partial charge in [0.05, 0.1) is 21.1 Å². The molecule has 2 aromatic heterocycles. The number of nitrogens with one attached hydrogen (secondary N) is 1. The molecular weight excluding hydrogens is 391 g/mol. The maximum Gasteiger partial charge on any atom is 0.178 e. The lowest BCUT2D eigenvalue weighted by atomic mass is 9.81. The summed E-state index contributed by atoms with van der Waals surface area (Å²) < 4.78 is 38.4. The Morgan fingerprint density at radius 1 is 1.30 bits per heavy atom. The predicted octanol–water partition coefficient (Wildman–Crippen LogP) is 3.44. The maximum atomic E-state index is 13.3. The number of sulfone groups is 1. The minimum atomic E-state index is -3.50. The van der Waals surface area contributed by atoms with Crippen molar-refractivity contribution in [3.8, 4) is 0 Å². The summed E-state index contributed by atoms with van der Waals surface area (Å²) in [4.78, 5) is 13.8. The quantitative estimate of drug-likeness (QED) is 0.654. The van der Waals surface area contributed by atoms with Crippen molar-refractivity contribution in [3.63, 3.8) is 0 Å². The molecule has 27 heavy (non-hydrogen) atoms. The number of aromatic nitrogens is 3. The van der Waals surface area contributed by atoms with E-state index in [1.165, 1.54) is 18.5 Å². The third-order valence-electron chi connectivity index (χ3n) is 5.13. The second-order valence-electron chi connectivity index (χ2n) is 6.90. The van der Waals surface area contributed by atoms with E-state index in [-0.39, 0.29) is 27.6 Å². The first-order valence-corrected chi connectivity index (χ1v) is 10.6. The number of halogens is 2.